The first kappa shape index (κ1) is 23.6. The van der Waals surface area contributed by atoms with Gasteiger partial charge in [0.15, 0.2) is 0 Å². The normalized spacial score (nSPS) is 19.3. The molecule has 11 heteroatoms. The fourth-order valence-electron chi connectivity index (χ4n) is 4.00. The van der Waals surface area contributed by atoms with Gasteiger partial charge in [0.1, 0.15) is 5.02 Å². The quantitative estimate of drug-likeness (QED) is 0.361. The number of benzene rings is 1. The van der Waals surface area contributed by atoms with Gasteiger partial charge in [-0.05, 0) is 30.5 Å². The van der Waals surface area contributed by atoms with Gasteiger partial charge in [0.05, 0.1) is 4.92 Å². The zero-order valence-corrected chi connectivity index (χ0v) is 19.0. The summed E-state index contributed by atoms with van der Waals surface area (Å²) in [7, 11) is -1.90. The van der Waals surface area contributed by atoms with Crippen molar-refractivity contribution in [3.8, 4) is 0 Å². The second-order valence-electron chi connectivity index (χ2n) is 7.84. The molecule has 1 aromatic carbocycles. The van der Waals surface area contributed by atoms with E-state index in [2.05, 4.69) is 0 Å². The third-order valence-electron chi connectivity index (χ3n) is 5.91. The third-order valence-corrected chi connectivity index (χ3v) is 8.28. The van der Waals surface area contributed by atoms with Crippen molar-refractivity contribution in [1.82, 2.24) is 13.5 Å². The highest BCUT2D eigenvalue weighted by Gasteiger charge is 2.35. The van der Waals surface area contributed by atoms with E-state index in [4.69, 9.17) is 11.6 Å². The number of nitro groups is 1. The van der Waals surface area contributed by atoms with Crippen molar-refractivity contribution < 1.29 is 18.1 Å². The fourth-order valence-corrected chi connectivity index (χ4v) is 5.76. The summed E-state index contributed by atoms with van der Waals surface area (Å²) in [6.07, 6.45) is 7.87. The van der Waals surface area contributed by atoms with E-state index in [1.54, 1.807) is 18.0 Å². The maximum absolute atomic E-state index is 13.0. The minimum absolute atomic E-state index is 0.0315. The van der Waals surface area contributed by atoms with E-state index < -0.39 is 15.1 Å². The monoisotopic (exact) mass is 470 g/mol. The van der Waals surface area contributed by atoms with Gasteiger partial charge in [-0.25, -0.2) is 0 Å². The lowest BCUT2D eigenvalue weighted by Crippen LogP contribution is -2.55. The largest absolute Gasteiger partial charge is 0.337 e. The van der Waals surface area contributed by atoms with Crippen LogP contribution in [0.5, 0.6) is 0 Å². The van der Waals surface area contributed by atoms with Crippen LogP contribution in [0.2, 0.25) is 5.02 Å². The molecule has 1 amide bonds. The van der Waals surface area contributed by atoms with Crippen LogP contribution in [0.25, 0.3) is 6.08 Å². The zero-order valence-electron chi connectivity index (χ0n) is 17.4. The molecule has 0 N–H and O–H groups in total. The molecular formula is C20H27ClN4O5S. The summed E-state index contributed by atoms with van der Waals surface area (Å²) in [5.74, 6) is -0.268. The smallest absolute Gasteiger partial charge is 0.288 e. The van der Waals surface area contributed by atoms with Gasteiger partial charge in [0, 0.05) is 51.4 Å². The second kappa shape index (κ2) is 10.1. The first-order chi connectivity index (χ1) is 14.7. The number of hydrogen-bond acceptors (Lipinski definition) is 5. The maximum atomic E-state index is 13.0. The molecule has 9 nitrogen and oxygen atoms in total. The second-order valence-corrected chi connectivity index (χ2v) is 10.2. The van der Waals surface area contributed by atoms with E-state index in [-0.39, 0.29) is 35.7 Å². The van der Waals surface area contributed by atoms with E-state index in [1.807, 2.05) is 0 Å². The first-order valence-corrected chi connectivity index (χ1v) is 12.1. The van der Waals surface area contributed by atoms with Gasteiger partial charge in [0.2, 0.25) is 5.91 Å². The molecule has 1 aliphatic heterocycles. The number of piperazine rings is 1. The number of carbonyl (C=O) groups is 1. The van der Waals surface area contributed by atoms with Crippen LogP contribution in [0.4, 0.5) is 5.69 Å². The molecule has 1 heterocycles. The molecule has 2 fully saturated rings. The number of hydrogen-bond donors (Lipinski definition) is 0. The number of amides is 1. The summed E-state index contributed by atoms with van der Waals surface area (Å²) in [4.78, 5) is 24.5. The number of nitro benzene ring substituents is 1. The van der Waals surface area contributed by atoms with Gasteiger partial charge >= 0.3 is 0 Å². The Labute approximate surface area is 187 Å². The number of nitrogens with zero attached hydrogens (tertiary/aromatic N) is 4. The third kappa shape index (κ3) is 5.62. The Morgan fingerprint density at radius 3 is 2.45 bits per heavy atom. The first-order valence-electron chi connectivity index (χ1n) is 10.3. The van der Waals surface area contributed by atoms with E-state index in [0.717, 1.165) is 32.1 Å². The summed E-state index contributed by atoms with van der Waals surface area (Å²) >= 11 is 5.80. The predicted molar refractivity (Wildman–Crippen MR) is 119 cm³/mol. The molecule has 1 aliphatic carbocycles. The van der Waals surface area contributed by atoms with Crippen LogP contribution in [-0.4, -0.2) is 72.0 Å². The molecule has 0 atom stereocenters. The van der Waals surface area contributed by atoms with Gasteiger partial charge in [-0.1, -0.05) is 36.9 Å². The Balaban J connectivity index is 1.57. The molecule has 0 unspecified atom stereocenters. The van der Waals surface area contributed by atoms with Gasteiger partial charge < -0.3 is 4.90 Å². The highest BCUT2D eigenvalue weighted by molar-refractivity contribution is 7.86. The Hall–Kier alpha value is -2.01. The van der Waals surface area contributed by atoms with E-state index in [1.165, 1.54) is 32.9 Å². The molecule has 1 saturated carbocycles. The topological polar surface area (TPSA) is 104 Å². The van der Waals surface area contributed by atoms with Crippen molar-refractivity contribution in [2.75, 3.05) is 33.2 Å². The van der Waals surface area contributed by atoms with Crippen LogP contribution in [0, 0.1) is 10.1 Å². The molecule has 0 radical (unpaired) electrons. The van der Waals surface area contributed by atoms with Gasteiger partial charge in [-0.3, -0.25) is 14.9 Å². The molecule has 2 aliphatic rings. The Morgan fingerprint density at radius 2 is 1.84 bits per heavy atom. The van der Waals surface area contributed by atoms with Crippen molar-refractivity contribution in [3.63, 3.8) is 0 Å². The molecule has 0 spiro atoms. The Bertz CT molecular complexity index is 954. The summed E-state index contributed by atoms with van der Waals surface area (Å²) in [6, 6.07) is 4.35. The molecule has 3 rings (SSSR count). The lowest BCUT2D eigenvalue weighted by Gasteiger charge is -2.38. The number of rotatable bonds is 6. The summed E-state index contributed by atoms with van der Waals surface area (Å²) in [5, 5.41) is 11.0. The molecule has 31 heavy (non-hydrogen) atoms. The summed E-state index contributed by atoms with van der Waals surface area (Å²) in [6.45, 7) is 1.07. The Morgan fingerprint density at radius 1 is 1.19 bits per heavy atom. The SMILES string of the molecule is CN(C1CCCCC1)S(=O)(=O)N1CCN(C(=O)/C=C/c2ccc(Cl)c([N+](=O)[O-])c2)CC1. The van der Waals surface area contributed by atoms with Crippen molar-refractivity contribution >= 4 is 39.5 Å². The van der Waals surface area contributed by atoms with Crippen LogP contribution in [0.3, 0.4) is 0 Å². The highest BCUT2D eigenvalue weighted by atomic mass is 35.5. The average Bonchev–Trinajstić information content (AvgIpc) is 2.78. The van der Waals surface area contributed by atoms with Crippen LogP contribution < -0.4 is 0 Å². The van der Waals surface area contributed by atoms with Crippen LogP contribution in [-0.2, 0) is 15.0 Å². The molecule has 0 aromatic heterocycles. The number of halogens is 1. The van der Waals surface area contributed by atoms with Crippen molar-refractivity contribution in [2.24, 2.45) is 0 Å². The summed E-state index contributed by atoms with van der Waals surface area (Å²) in [5.41, 5.74) is 0.261. The Kier molecular flexibility index (Phi) is 7.68. The average molecular weight is 471 g/mol. The van der Waals surface area contributed by atoms with E-state index in [9.17, 15) is 23.3 Å². The molecule has 1 saturated heterocycles. The van der Waals surface area contributed by atoms with Crippen LogP contribution in [0.1, 0.15) is 37.7 Å². The fraction of sp³-hybridized carbons (Fsp3) is 0.550. The van der Waals surface area contributed by atoms with Crippen molar-refractivity contribution in [3.05, 3.63) is 45.0 Å². The molecule has 1 aromatic rings. The minimum Gasteiger partial charge on any atom is -0.337 e. The molecular weight excluding hydrogens is 444 g/mol. The van der Waals surface area contributed by atoms with Gasteiger partial charge in [-0.2, -0.15) is 17.0 Å². The van der Waals surface area contributed by atoms with Gasteiger partial charge in [0.25, 0.3) is 15.9 Å². The molecule has 0 bridgehead atoms. The maximum Gasteiger partial charge on any atom is 0.288 e. The van der Waals surface area contributed by atoms with E-state index >= 15 is 0 Å². The lowest BCUT2D eigenvalue weighted by molar-refractivity contribution is -0.384. The standard InChI is InChI=1S/C20H27ClN4O5S/c1-22(17-5-3-2-4-6-17)31(29,30)24-13-11-23(12-14-24)20(26)10-8-16-7-9-18(21)19(15-16)25(27)28/h7-10,15,17H,2-6,11-14H2,1H3/b10-8+. The van der Waals surface area contributed by atoms with Crippen molar-refractivity contribution in [1.29, 1.82) is 0 Å². The van der Waals surface area contributed by atoms with Crippen molar-refractivity contribution in [2.45, 2.75) is 38.1 Å². The van der Waals surface area contributed by atoms with E-state index in [0.29, 0.717) is 18.7 Å². The highest BCUT2D eigenvalue weighted by Crippen LogP contribution is 2.26. The van der Waals surface area contributed by atoms with Gasteiger partial charge in [-0.15, -0.1) is 0 Å². The predicted octanol–water partition coefficient (Wildman–Crippen LogP) is 2.91. The van der Waals surface area contributed by atoms with Crippen LogP contribution >= 0.6 is 11.6 Å². The summed E-state index contributed by atoms with van der Waals surface area (Å²) < 4.78 is 28.8. The minimum atomic E-state index is -3.55. The number of carbonyl (C=O) groups excluding carboxylic acids is 1. The van der Waals surface area contributed by atoms with Crippen LogP contribution in [0.15, 0.2) is 24.3 Å². The lowest BCUT2D eigenvalue weighted by atomic mass is 9.96. The zero-order chi connectivity index (χ0) is 22.6. The molecule has 170 valence electrons.